The van der Waals surface area contributed by atoms with Gasteiger partial charge in [-0.15, -0.1) is 12.4 Å². The van der Waals surface area contributed by atoms with E-state index in [2.05, 4.69) is 51.2 Å². The standard InChI is InChI=1S/C8H14ClN5.C8H15N5O.ClH.H2O/c1-4-10-7-12-6(9)13-8(14-7)11-5(2)3;1-4-9-6-11-7(10-5(2)3)13-8(14)12-6;;/h5H,4H2,1-3H3,(H2,10,11,12,13,14);5H,4H2,1-3H3,(H3,9,10,11,12,13,14);1H;1H2. The molecular formula is C16H32Cl2N10O2. The van der Waals surface area contributed by atoms with Gasteiger partial charge in [-0.05, 0) is 53.1 Å². The Hall–Kier alpha value is -2.44. The van der Waals surface area contributed by atoms with Crippen LogP contribution in [-0.4, -0.2) is 60.6 Å². The molecule has 0 unspecified atom stereocenters. The molecule has 0 saturated heterocycles. The topological polar surface area (TPSA) is 177 Å². The van der Waals surface area contributed by atoms with E-state index in [1.165, 1.54) is 0 Å². The van der Waals surface area contributed by atoms with Crippen LogP contribution < -0.4 is 27.0 Å². The molecule has 0 saturated carbocycles. The molecule has 30 heavy (non-hydrogen) atoms. The van der Waals surface area contributed by atoms with Crippen LogP contribution in [0.25, 0.3) is 0 Å². The SMILES string of the molecule is CCNc1nc(Cl)nc(NC(C)C)n1.CCNc1nc(NC(C)C)[nH]c(=O)n1.Cl.O. The van der Waals surface area contributed by atoms with Gasteiger partial charge in [-0.1, -0.05) is 0 Å². The summed E-state index contributed by atoms with van der Waals surface area (Å²) in [6.07, 6.45) is 0. The van der Waals surface area contributed by atoms with Gasteiger partial charge in [0.05, 0.1) is 0 Å². The fraction of sp³-hybridized carbons (Fsp3) is 0.625. The number of anilines is 4. The molecule has 0 aliphatic heterocycles. The predicted octanol–water partition coefficient (Wildman–Crippen LogP) is 1.79. The summed E-state index contributed by atoms with van der Waals surface area (Å²) < 4.78 is 0. The minimum absolute atomic E-state index is 0. The van der Waals surface area contributed by atoms with Crippen LogP contribution in [0.3, 0.4) is 0 Å². The van der Waals surface area contributed by atoms with E-state index in [4.69, 9.17) is 11.6 Å². The molecule has 0 bridgehead atoms. The number of nitrogens with one attached hydrogen (secondary N) is 5. The van der Waals surface area contributed by atoms with Crippen molar-refractivity contribution in [3.8, 4) is 0 Å². The molecule has 0 spiro atoms. The van der Waals surface area contributed by atoms with Crippen molar-refractivity contribution >= 4 is 47.8 Å². The van der Waals surface area contributed by atoms with Crippen LogP contribution in [0.1, 0.15) is 41.5 Å². The van der Waals surface area contributed by atoms with Crippen molar-refractivity contribution in [2.75, 3.05) is 34.4 Å². The minimum atomic E-state index is -0.404. The van der Waals surface area contributed by atoms with Gasteiger partial charge >= 0.3 is 5.69 Å². The van der Waals surface area contributed by atoms with E-state index in [1.54, 1.807) is 0 Å². The van der Waals surface area contributed by atoms with E-state index in [0.29, 0.717) is 30.3 Å². The van der Waals surface area contributed by atoms with E-state index in [9.17, 15) is 4.79 Å². The molecule has 0 fully saturated rings. The van der Waals surface area contributed by atoms with Crippen LogP contribution in [0, 0.1) is 0 Å². The molecule has 14 heteroatoms. The maximum atomic E-state index is 11.1. The highest BCUT2D eigenvalue weighted by molar-refractivity contribution is 6.28. The maximum Gasteiger partial charge on any atom is 0.350 e. The molecule has 0 aromatic carbocycles. The molecule has 2 aromatic rings. The first-order valence-corrected chi connectivity index (χ1v) is 9.52. The first-order valence-electron chi connectivity index (χ1n) is 9.14. The number of aromatic nitrogens is 6. The number of rotatable bonds is 8. The first kappa shape index (κ1) is 29.8. The number of H-pyrrole nitrogens is 1. The zero-order valence-corrected chi connectivity index (χ0v) is 19.6. The summed E-state index contributed by atoms with van der Waals surface area (Å²) in [6, 6.07) is 0.484. The first-order chi connectivity index (χ1) is 13.2. The molecule has 0 radical (unpaired) electrons. The average Bonchev–Trinajstić information content (AvgIpc) is 2.53. The number of nitrogens with zero attached hydrogens (tertiary/aromatic N) is 5. The van der Waals surface area contributed by atoms with Crippen molar-refractivity contribution in [3.05, 3.63) is 15.8 Å². The Morgan fingerprint density at radius 2 is 1.33 bits per heavy atom. The molecule has 2 heterocycles. The Balaban J connectivity index is 0. The average molecular weight is 467 g/mol. The maximum absolute atomic E-state index is 11.1. The number of halogens is 2. The Morgan fingerprint density at radius 1 is 0.833 bits per heavy atom. The van der Waals surface area contributed by atoms with Crippen molar-refractivity contribution in [2.45, 2.75) is 53.6 Å². The molecule has 0 aliphatic rings. The largest absolute Gasteiger partial charge is 0.412 e. The predicted molar refractivity (Wildman–Crippen MR) is 124 cm³/mol. The summed E-state index contributed by atoms with van der Waals surface area (Å²) in [4.78, 5) is 33.3. The van der Waals surface area contributed by atoms with Crippen LogP contribution in [-0.2, 0) is 0 Å². The van der Waals surface area contributed by atoms with Gasteiger partial charge in [0, 0.05) is 25.2 Å². The lowest BCUT2D eigenvalue weighted by atomic mass is 10.4. The number of hydrogen-bond acceptors (Lipinski definition) is 10. The lowest BCUT2D eigenvalue weighted by molar-refractivity contribution is 0.824. The third kappa shape index (κ3) is 12.2. The summed E-state index contributed by atoms with van der Waals surface area (Å²) >= 11 is 5.73. The van der Waals surface area contributed by atoms with Gasteiger partial charge in [-0.25, -0.2) is 4.79 Å². The summed E-state index contributed by atoms with van der Waals surface area (Å²) in [5, 5.41) is 12.1. The Bertz CT molecular complexity index is 789. The summed E-state index contributed by atoms with van der Waals surface area (Å²) in [7, 11) is 0. The highest BCUT2D eigenvalue weighted by Gasteiger charge is 2.04. The van der Waals surface area contributed by atoms with Crippen LogP contribution in [0.2, 0.25) is 5.28 Å². The van der Waals surface area contributed by atoms with Crippen molar-refractivity contribution in [1.29, 1.82) is 0 Å². The minimum Gasteiger partial charge on any atom is -0.412 e. The zero-order valence-electron chi connectivity index (χ0n) is 18.0. The van der Waals surface area contributed by atoms with Crippen LogP contribution in [0.15, 0.2) is 4.79 Å². The van der Waals surface area contributed by atoms with Crippen LogP contribution >= 0.6 is 24.0 Å². The second-order valence-electron chi connectivity index (χ2n) is 6.24. The zero-order chi connectivity index (χ0) is 21.1. The highest BCUT2D eigenvalue weighted by Crippen LogP contribution is 2.09. The van der Waals surface area contributed by atoms with Gasteiger partial charge in [0.25, 0.3) is 0 Å². The molecule has 172 valence electrons. The Morgan fingerprint density at radius 3 is 1.83 bits per heavy atom. The molecule has 2 rings (SSSR count). The molecule has 0 aliphatic carbocycles. The number of hydrogen-bond donors (Lipinski definition) is 5. The summed E-state index contributed by atoms with van der Waals surface area (Å²) in [5.41, 5.74) is -0.404. The van der Waals surface area contributed by atoms with Gasteiger partial charge < -0.3 is 26.7 Å². The van der Waals surface area contributed by atoms with Crippen molar-refractivity contribution < 1.29 is 5.48 Å². The molecule has 2 aromatic heterocycles. The monoisotopic (exact) mass is 466 g/mol. The second-order valence-corrected chi connectivity index (χ2v) is 6.57. The van der Waals surface area contributed by atoms with Crippen LogP contribution in [0.4, 0.5) is 23.8 Å². The van der Waals surface area contributed by atoms with Crippen molar-refractivity contribution in [2.24, 2.45) is 0 Å². The molecular weight excluding hydrogens is 435 g/mol. The normalized spacial score (nSPS) is 9.63. The third-order valence-electron chi connectivity index (χ3n) is 2.77. The number of aromatic amines is 1. The lowest BCUT2D eigenvalue weighted by Gasteiger charge is -2.09. The molecule has 12 nitrogen and oxygen atoms in total. The van der Waals surface area contributed by atoms with E-state index in [-0.39, 0.29) is 35.3 Å². The third-order valence-corrected chi connectivity index (χ3v) is 2.94. The summed E-state index contributed by atoms with van der Waals surface area (Å²) in [5.74, 6) is 1.78. The van der Waals surface area contributed by atoms with E-state index in [1.807, 2.05) is 41.5 Å². The van der Waals surface area contributed by atoms with Crippen molar-refractivity contribution in [1.82, 2.24) is 29.9 Å². The smallest absolute Gasteiger partial charge is 0.350 e. The fourth-order valence-corrected chi connectivity index (χ4v) is 2.03. The van der Waals surface area contributed by atoms with Gasteiger partial charge in [-0.2, -0.15) is 24.9 Å². The Labute approximate surface area is 187 Å². The van der Waals surface area contributed by atoms with Gasteiger partial charge in [0.2, 0.25) is 29.1 Å². The van der Waals surface area contributed by atoms with E-state index >= 15 is 0 Å². The molecule has 0 atom stereocenters. The highest BCUT2D eigenvalue weighted by atomic mass is 35.5. The second kappa shape index (κ2) is 15.4. The Kier molecular flexibility index (Phi) is 15.3. The van der Waals surface area contributed by atoms with E-state index in [0.717, 1.165) is 6.54 Å². The van der Waals surface area contributed by atoms with E-state index < -0.39 is 5.69 Å². The van der Waals surface area contributed by atoms with Gasteiger partial charge in [-0.3, -0.25) is 4.98 Å². The van der Waals surface area contributed by atoms with Gasteiger partial charge in [0.1, 0.15) is 0 Å². The quantitative estimate of drug-likeness (QED) is 0.384. The van der Waals surface area contributed by atoms with Crippen LogP contribution in [0.5, 0.6) is 0 Å². The van der Waals surface area contributed by atoms with Crippen molar-refractivity contribution in [3.63, 3.8) is 0 Å². The summed E-state index contributed by atoms with van der Waals surface area (Å²) in [6.45, 7) is 13.3. The lowest BCUT2D eigenvalue weighted by Crippen LogP contribution is -2.21. The molecule has 0 amide bonds. The fourth-order valence-electron chi connectivity index (χ4n) is 1.87. The molecule has 7 N–H and O–H groups in total. The van der Waals surface area contributed by atoms with Gasteiger partial charge in [0.15, 0.2) is 0 Å².